The molecule has 2 atom stereocenters. The number of aromatic nitrogens is 2. The van der Waals surface area contributed by atoms with Gasteiger partial charge >= 0.3 is 0 Å². The number of carbonyl (C=O) groups excluding carboxylic acids is 1. The van der Waals surface area contributed by atoms with Gasteiger partial charge in [-0.15, -0.1) is 0 Å². The molecule has 2 fully saturated rings. The highest BCUT2D eigenvalue weighted by Crippen LogP contribution is 2.32. The Morgan fingerprint density at radius 1 is 1.22 bits per heavy atom. The molecule has 1 amide bonds. The van der Waals surface area contributed by atoms with Crippen LogP contribution in [0.25, 0.3) is 5.69 Å². The fourth-order valence-corrected chi connectivity index (χ4v) is 4.02. The molecule has 2 saturated heterocycles. The number of hydrogen-bond donors (Lipinski definition) is 1. The van der Waals surface area contributed by atoms with Crippen LogP contribution in [0.5, 0.6) is 5.75 Å². The van der Waals surface area contributed by atoms with Crippen molar-refractivity contribution < 1.29 is 9.53 Å². The smallest absolute Gasteiger partial charge is 0.278 e. The summed E-state index contributed by atoms with van der Waals surface area (Å²) in [5.74, 6) is 0.959. The molecule has 1 aromatic heterocycles. The molecule has 4 rings (SSSR count). The Morgan fingerprint density at radius 2 is 2.00 bits per heavy atom. The van der Waals surface area contributed by atoms with E-state index < -0.39 is 0 Å². The van der Waals surface area contributed by atoms with Gasteiger partial charge in [0.1, 0.15) is 0 Å². The number of amides is 1. The van der Waals surface area contributed by atoms with Crippen LogP contribution in [0, 0.1) is 5.92 Å². The van der Waals surface area contributed by atoms with Crippen LogP contribution in [0.3, 0.4) is 0 Å². The lowest BCUT2D eigenvalue weighted by Crippen LogP contribution is -2.42. The molecule has 6 heteroatoms. The number of rotatable bonds is 5. The van der Waals surface area contributed by atoms with Crippen LogP contribution >= 0.6 is 0 Å². The van der Waals surface area contributed by atoms with Gasteiger partial charge in [0.05, 0.1) is 18.5 Å². The van der Waals surface area contributed by atoms with Crippen LogP contribution in [0.1, 0.15) is 43.6 Å². The van der Waals surface area contributed by atoms with E-state index in [1.54, 1.807) is 4.68 Å². The van der Waals surface area contributed by atoms with Gasteiger partial charge in [0.15, 0.2) is 11.4 Å². The minimum Gasteiger partial charge on any atom is -0.489 e. The fourth-order valence-electron chi connectivity index (χ4n) is 4.02. The van der Waals surface area contributed by atoms with Crippen molar-refractivity contribution >= 4 is 5.91 Å². The van der Waals surface area contributed by atoms with Crippen molar-refractivity contribution in [3.63, 3.8) is 0 Å². The third-order valence-corrected chi connectivity index (χ3v) is 5.36. The van der Waals surface area contributed by atoms with E-state index in [9.17, 15) is 4.79 Å². The van der Waals surface area contributed by atoms with E-state index in [1.807, 2.05) is 36.5 Å². The lowest BCUT2D eigenvalue weighted by Gasteiger charge is -2.27. The molecule has 2 aromatic rings. The van der Waals surface area contributed by atoms with Crippen LogP contribution in [-0.2, 0) is 0 Å². The van der Waals surface area contributed by atoms with Gasteiger partial charge in [-0.25, -0.2) is 4.68 Å². The molecule has 2 aliphatic heterocycles. The van der Waals surface area contributed by atoms with Crippen molar-refractivity contribution in [2.24, 2.45) is 5.92 Å². The van der Waals surface area contributed by atoms with Gasteiger partial charge < -0.3 is 15.0 Å². The zero-order valence-electron chi connectivity index (χ0n) is 16.1. The Morgan fingerprint density at radius 3 is 2.78 bits per heavy atom. The molecule has 6 nitrogen and oxygen atoms in total. The first-order valence-electron chi connectivity index (χ1n) is 9.94. The fraction of sp³-hybridized carbons (Fsp3) is 0.524. The van der Waals surface area contributed by atoms with Gasteiger partial charge in [-0.05, 0) is 43.9 Å². The van der Waals surface area contributed by atoms with Gasteiger partial charge in [0, 0.05) is 18.6 Å². The van der Waals surface area contributed by atoms with Crippen LogP contribution < -0.4 is 10.1 Å². The van der Waals surface area contributed by atoms with E-state index in [0.717, 1.165) is 38.0 Å². The molecule has 0 aliphatic carbocycles. The number of nitrogens with one attached hydrogen (secondary N) is 1. The maximum Gasteiger partial charge on any atom is 0.278 e. The van der Waals surface area contributed by atoms with Crippen molar-refractivity contribution in [3.8, 4) is 11.4 Å². The highest BCUT2D eigenvalue weighted by molar-refractivity contribution is 5.95. The highest BCUT2D eigenvalue weighted by Gasteiger charge is 2.40. The molecule has 144 valence electrons. The minimum absolute atomic E-state index is 0.000336. The summed E-state index contributed by atoms with van der Waals surface area (Å²) in [6, 6.07) is 10.4. The first-order chi connectivity index (χ1) is 13.1. The Balaban J connectivity index is 1.67. The monoisotopic (exact) mass is 368 g/mol. The molecule has 2 bridgehead atoms. The first kappa shape index (κ1) is 18.0. The molecular formula is C21H28N4O2. The number of fused-ring (bicyclic) bond motifs is 2. The molecule has 1 aromatic carbocycles. The third-order valence-electron chi connectivity index (χ3n) is 5.36. The van der Waals surface area contributed by atoms with Crippen molar-refractivity contribution in [2.75, 3.05) is 19.7 Å². The maximum atomic E-state index is 13.5. The number of hydrogen-bond acceptors (Lipinski definition) is 4. The van der Waals surface area contributed by atoms with Crippen molar-refractivity contribution in [3.05, 3.63) is 42.2 Å². The van der Waals surface area contributed by atoms with E-state index in [0.29, 0.717) is 30.0 Å². The van der Waals surface area contributed by atoms with Gasteiger partial charge in [-0.1, -0.05) is 32.0 Å². The molecule has 2 aliphatic rings. The zero-order valence-corrected chi connectivity index (χ0v) is 16.1. The molecule has 0 radical (unpaired) electrons. The van der Waals surface area contributed by atoms with Gasteiger partial charge in [-0.2, -0.15) is 5.10 Å². The number of benzene rings is 1. The Labute approximate surface area is 160 Å². The molecule has 0 spiro atoms. The molecule has 1 N–H and O–H groups in total. The average molecular weight is 368 g/mol. The average Bonchev–Trinajstić information content (AvgIpc) is 3.20. The van der Waals surface area contributed by atoms with Crippen molar-refractivity contribution in [1.82, 2.24) is 20.0 Å². The first-order valence-corrected chi connectivity index (χ1v) is 9.94. The van der Waals surface area contributed by atoms with Crippen molar-refractivity contribution in [1.29, 1.82) is 0 Å². The second kappa shape index (κ2) is 7.72. The number of para-hydroxylation sites is 1. The summed E-state index contributed by atoms with van der Waals surface area (Å²) in [5, 5.41) is 8.09. The molecule has 27 heavy (non-hydrogen) atoms. The topological polar surface area (TPSA) is 59.4 Å². The lowest BCUT2D eigenvalue weighted by molar-refractivity contribution is 0.0668. The Kier molecular flexibility index (Phi) is 5.16. The van der Waals surface area contributed by atoms with E-state index >= 15 is 0 Å². The van der Waals surface area contributed by atoms with E-state index in [4.69, 9.17) is 4.74 Å². The van der Waals surface area contributed by atoms with Crippen LogP contribution in [0.15, 0.2) is 36.5 Å². The van der Waals surface area contributed by atoms with E-state index in [2.05, 4.69) is 29.2 Å². The summed E-state index contributed by atoms with van der Waals surface area (Å²) in [4.78, 5) is 15.5. The summed E-state index contributed by atoms with van der Waals surface area (Å²) < 4.78 is 7.74. The second-order valence-electron chi connectivity index (χ2n) is 7.92. The van der Waals surface area contributed by atoms with Gasteiger partial charge in [0.2, 0.25) is 0 Å². The largest absolute Gasteiger partial charge is 0.489 e. The quantitative estimate of drug-likeness (QED) is 0.882. The van der Waals surface area contributed by atoms with Crippen molar-refractivity contribution in [2.45, 2.75) is 45.2 Å². The molecule has 3 heterocycles. The van der Waals surface area contributed by atoms with E-state index in [1.165, 1.54) is 0 Å². The second-order valence-corrected chi connectivity index (χ2v) is 7.92. The minimum atomic E-state index is -0.000336. The highest BCUT2D eigenvalue weighted by atomic mass is 16.5. The predicted molar refractivity (Wildman–Crippen MR) is 104 cm³/mol. The molecule has 0 saturated carbocycles. The van der Waals surface area contributed by atoms with Gasteiger partial charge in [0.25, 0.3) is 5.91 Å². The number of ether oxygens (including phenoxy) is 1. The lowest BCUT2D eigenvalue weighted by atomic mass is 10.1. The summed E-state index contributed by atoms with van der Waals surface area (Å²) >= 11 is 0. The van der Waals surface area contributed by atoms with Gasteiger partial charge in [-0.3, -0.25) is 4.79 Å². The SMILES string of the molecule is CC(C)COc1cn(-c2ccccc2)nc1C(=O)N1C2CCNCC1CC2. The number of carbonyl (C=O) groups is 1. The predicted octanol–water partition coefficient (Wildman–Crippen LogP) is 2.87. The normalized spacial score (nSPS) is 22.1. The summed E-state index contributed by atoms with van der Waals surface area (Å²) in [5.41, 5.74) is 1.35. The summed E-state index contributed by atoms with van der Waals surface area (Å²) in [6.07, 6.45) is 4.98. The molecule has 2 unspecified atom stereocenters. The molecular weight excluding hydrogens is 340 g/mol. The summed E-state index contributed by atoms with van der Waals surface area (Å²) in [7, 11) is 0. The standard InChI is InChI=1S/C21H28N4O2/c1-15(2)14-27-19-13-24(16-6-4-3-5-7-16)23-20(19)21(26)25-17-8-9-18(25)12-22-11-10-17/h3-7,13,15,17-18,22H,8-12,14H2,1-2H3. The van der Waals surface area contributed by atoms with Crippen LogP contribution in [0.2, 0.25) is 0 Å². The number of nitrogens with zero attached hydrogens (tertiary/aromatic N) is 3. The Hall–Kier alpha value is -2.34. The summed E-state index contributed by atoms with van der Waals surface area (Å²) in [6.45, 7) is 6.60. The van der Waals surface area contributed by atoms with E-state index in [-0.39, 0.29) is 11.9 Å². The Bertz CT molecular complexity index is 773. The maximum absolute atomic E-state index is 13.5. The third kappa shape index (κ3) is 3.72. The van der Waals surface area contributed by atoms with Crippen LogP contribution in [0.4, 0.5) is 0 Å². The van der Waals surface area contributed by atoms with Crippen LogP contribution in [-0.4, -0.2) is 52.4 Å². The zero-order chi connectivity index (χ0) is 18.8.